The summed E-state index contributed by atoms with van der Waals surface area (Å²) in [5.74, 6) is -0.817. The van der Waals surface area contributed by atoms with Crippen molar-refractivity contribution in [2.24, 2.45) is 0 Å². The maximum Gasteiger partial charge on any atom is 0.333 e. The van der Waals surface area contributed by atoms with Crippen molar-refractivity contribution in [1.82, 2.24) is 4.90 Å². The summed E-state index contributed by atoms with van der Waals surface area (Å²) in [6.45, 7) is 6.47. The molecule has 1 saturated heterocycles. The van der Waals surface area contributed by atoms with Crippen molar-refractivity contribution in [2.45, 2.75) is 32.2 Å². The van der Waals surface area contributed by atoms with Crippen molar-refractivity contribution in [3.05, 3.63) is 76.2 Å². The Balaban J connectivity index is 1.92. The van der Waals surface area contributed by atoms with Crippen LogP contribution < -0.4 is 0 Å². The number of rotatable bonds is 4. The first-order valence-electron chi connectivity index (χ1n) is 9.23. The SMILES string of the molecule is COC(=O)C(c1ccccc1)N1C(=O)/C(=C\c2ccc(C(C)(C)C)cc2)SC1=S. The van der Waals surface area contributed by atoms with E-state index in [1.165, 1.54) is 29.3 Å². The van der Waals surface area contributed by atoms with Crippen LogP contribution in [0.2, 0.25) is 0 Å². The van der Waals surface area contributed by atoms with E-state index in [0.29, 0.717) is 14.8 Å². The predicted octanol–water partition coefficient (Wildman–Crippen LogP) is 5.10. The first kappa shape index (κ1) is 21.3. The normalized spacial score (nSPS) is 17.0. The van der Waals surface area contributed by atoms with Crippen molar-refractivity contribution in [3.63, 3.8) is 0 Å². The summed E-state index contributed by atoms with van der Waals surface area (Å²) in [7, 11) is 1.31. The maximum atomic E-state index is 13.1. The highest BCUT2D eigenvalue weighted by molar-refractivity contribution is 8.26. The molecule has 0 radical (unpaired) electrons. The lowest BCUT2D eigenvalue weighted by Crippen LogP contribution is -2.37. The van der Waals surface area contributed by atoms with Crippen LogP contribution in [0.1, 0.15) is 43.5 Å². The molecule has 1 fully saturated rings. The number of thioether (sulfide) groups is 1. The van der Waals surface area contributed by atoms with Gasteiger partial charge >= 0.3 is 5.97 Å². The second kappa shape index (κ2) is 8.51. The van der Waals surface area contributed by atoms with E-state index in [1.54, 1.807) is 12.1 Å². The van der Waals surface area contributed by atoms with Crippen LogP contribution in [0.25, 0.3) is 6.08 Å². The van der Waals surface area contributed by atoms with Crippen molar-refractivity contribution >= 4 is 46.3 Å². The summed E-state index contributed by atoms with van der Waals surface area (Å²) in [5, 5.41) is 0. The molecule has 150 valence electrons. The topological polar surface area (TPSA) is 46.6 Å². The number of ether oxygens (including phenoxy) is 1. The Morgan fingerprint density at radius 1 is 1.10 bits per heavy atom. The van der Waals surface area contributed by atoms with Gasteiger partial charge in [0.2, 0.25) is 0 Å². The smallest absolute Gasteiger partial charge is 0.333 e. The molecule has 1 heterocycles. The molecular weight excluding hydrogens is 402 g/mol. The van der Waals surface area contributed by atoms with Gasteiger partial charge in [-0.15, -0.1) is 0 Å². The van der Waals surface area contributed by atoms with Crippen molar-refractivity contribution < 1.29 is 14.3 Å². The number of benzene rings is 2. The molecule has 4 nitrogen and oxygen atoms in total. The fourth-order valence-corrected chi connectivity index (χ4v) is 4.38. The van der Waals surface area contributed by atoms with E-state index in [-0.39, 0.29) is 11.3 Å². The predicted molar refractivity (Wildman–Crippen MR) is 121 cm³/mol. The minimum atomic E-state index is -0.900. The van der Waals surface area contributed by atoms with Crippen molar-refractivity contribution in [1.29, 1.82) is 0 Å². The molecule has 1 atom stereocenters. The van der Waals surface area contributed by atoms with Gasteiger partial charge in [-0.3, -0.25) is 9.69 Å². The standard InChI is InChI=1S/C23H23NO3S2/c1-23(2,3)17-12-10-15(11-13-17)14-18-20(25)24(22(28)29-18)19(21(26)27-4)16-8-6-5-7-9-16/h5-14,19H,1-4H3/b18-14+. The Morgan fingerprint density at radius 3 is 2.28 bits per heavy atom. The fraction of sp³-hybridized carbons (Fsp3) is 0.261. The van der Waals surface area contributed by atoms with Gasteiger partial charge in [0.25, 0.3) is 5.91 Å². The van der Waals surface area contributed by atoms with Crippen molar-refractivity contribution in [3.8, 4) is 0 Å². The first-order chi connectivity index (χ1) is 13.7. The number of carbonyl (C=O) groups excluding carboxylic acids is 2. The van der Waals surface area contributed by atoms with Gasteiger partial charge in [0.1, 0.15) is 4.32 Å². The monoisotopic (exact) mass is 425 g/mol. The molecule has 1 unspecified atom stereocenters. The summed E-state index contributed by atoms with van der Waals surface area (Å²) < 4.78 is 5.29. The van der Waals surface area contributed by atoms with Crippen LogP contribution >= 0.6 is 24.0 Å². The molecule has 6 heteroatoms. The molecule has 0 saturated carbocycles. The average molecular weight is 426 g/mol. The second-order valence-electron chi connectivity index (χ2n) is 7.76. The number of esters is 1. The van der Waals surface area contributed by atoms with Crippen LogP contribution in [0.5, 0.6) is 0 Å². The van der Waals surface area contributed by atoms with Crippen LogP contribution in [-0.2, 0) is 19.7 Å². The third-order valence-corrected chi connectivity index (χ3v) is 6.03. The number of hydrogen-bond acceptors (Lipinski definition) is 5. The summed E-state index contributed by atoms with van der Waals surface area (Å²) in [6.07, 6.45) is 1.81. The third-order valence-electron chi connectivity index (χ3n) is 4.70. The van der Waals surface area contributed by atoms with Crippen LogP contribution in [0.4, 0.5) is 0 Å². The maximum absolute atomic E-state index is 13.1. The van der Waals surface area contributed by atoms with E-state index in [2.05, 4.69) is 32.9 Å². The van der Waals surface area contributed by atoms with Gasteiger partial charge in [-0.05, 0) is 28.2 Å². The molecule has 29 heavy (non-hydrogen) atoms. The highest BCUT2D eigenvalue weighted by Crippen LogP contribution is 2.38. The zero-order chi connectivity index (χ0) is 21.2. The number of thiocarbonyl (C=S) groups is 1. The Kier molecular flexibility index (Phi) is 6.24. The van der Waals surface area contributed by atoms with Crippen LogP contribution in [0.3, 0.4) is 0 Å². The summed E-state index contributed by atoms with van der Waals surface area (Å²) in [6, 6.07) is 16.3. The number of methoxy groups -OCH3 is 1. The highest BCUT2D eigenvalue weighted by Gasteiger charge is 2.41. The summed E-state index contributed by atoms with van der Waals surface area (Å²) in [5.41, 5.74) is 2.85. The molecule has 3 rings (SSSR count). The first-order valence-corrected chi connectivity index (χ1v) is 10.4. The van der Waals surface area contributed by atoms with Gasteiger partial charge in [-0.25, -0.2) is 4.79 Å². The van der Waals surface area contributed by atoms with Gasteiger partial charge in [0.05, 0.1) is 12.0 Å². The Hall–Kier alpha value is -2.44. The fourth-order valence-electron chi connectivity index (χ4n) is 3.07. The number of hydrogen-bond donors (Lipinski definition) is 0. The Bertz CT molecular complexity index is 960. The molecule has 1 aliphatic rings. The van der Waals surface area contributed by atoms with E-state index in [0.717, 1.165) is 5.56 Å². The van der Waals surface area contributed by atoms with Gasteiger partial charge in [-0.2, -0.15) is 0 Å². The molecular formula is C23H23NO3S2. The number of amides is 1. The minimum Gasteiger partial charge on any atom is -0.467 e. The summed E-state index contributed by atoms with van der Waals surface area (Å²) in [4.78, 5) is 27.4. The summed E-state index contributed by atoms with van der Waals surface area (Å²) >= 11 is 6.64. The molecule has 1 amide bonds. The zero-order valence-corrected chi connectivity index (χ0v) is 18.5. The Morgan fingerprint density at radius 2 is 1.72 bits per heavy atom. The molecule has 0 N–H and O–H groups in total. The highest BCUT2D eigenvalue weighted by atomic mass is 32.2. The molecule has 0 aromatic heterocycles. The quantitative estimate of drug-likeness (QED) is 0.387. The second-order valence-corrected chi connectivity index (χ2v) is 9.44. The van der Waals surface area contributed by atoms with Crippen LogP contribution in [-0.4, -0.2) is 28.2 Å². The molecule has 2 aromatic rings. The van der Waals surface area contributed by atoms with Gasteiger partial charge in [-0.1, -0.05) is 99.3 Å². The van der Waals surface area contributed by atoms with E-state index < -0.39 is 12.0 Å². The van der Waals surface area contributed by atoms with Gasteiger partial charge in [0.15, 0.2) is 6.04 Å². The van der Waals surface area contributed by atoms with E-state index in [9.17, 15) is 9.59 Å². The van der Waals surface area contributed by atoms with Crippen molar-refractivity contribution in [2.75, 3.05) is 7.11 Å². The average Bonchev–Trinajstić information content (AvgIpc) is 2.96. The molecule has 0 bridgehead atoms. The number of carbonyl (C=O) groups is 2. The molecule has 2 aromatic carbocycles. The molecule has 0 aliphatic carbocycles. The number of nitrogens with zero attached hydrogens (tertiary/aromatic N) is 1. The van der Waals surface area contributed by atoms with Gasteiger partial charge < -0.3 is 4.74 Å². The zero-order valence-electron chi connectivity index (χ0n) is 16.8. The minimum absolute atomic E-state index is 0.0609. The third kappa shape index (κ3) is 4.60. The van der Waals surface area contributed by atoms with Gasteiger partial charge in [0, 0.05) is 0 Å². The van der Waals surface area contributed by atoms with E-state index >= 15 is 0 Å². The largest absolute Gasteiger partial charge is 0.467 e. The van der Waals surface area contributed by atoms with E-state index in [4.69, 9.17) is 17.0 Å². The molecule has 0 spiro atoms. The van der Waals surface area contributed by atoms with Crippen LogP contribution in [0, 0.1) is 0 Å². The molecule has 1 aliphatic heterocycles. The lowest BCUT2D eigenvalue weighted by Gasteiger charge is -2.24. The van der Waals surface area contributed by atoms with Crippen LogP contribution in [0.15, 0.2) is 59.5 Å². The van der Waals surface area contributed by atoms with E-state index in [1.807, 2.05) is 36.4 Å². The lowest BCUT2D eigenvalue weighted by molar-refractivity contribution is -0.148. The lowest BCUT2D eigenvalue weighted by atomic mass is 9.87. The Labute approximate surface area is 180 Å².